The number of para-hydroxylation sites is 4. The standard InChI is InChI=1S/C27H17Cl2F3N4O.C18H13ClF3N3O.C9H5ClIN/c28-18-8-5-16(6-9-18)26-20-14-35(19-10-11-21-17(13-19)7-12-25(29)33-21)15-22(20)34-36(26)23-3-1-2-4-24(23)37-27(30,31)32;19-12-7-5-11(6-8-12)17-13-9-23-10-14(13)24-25(17)15-3-1-2-4-16(15)26-18(20,21)22;10-9-4-1-6-5-7(11)2-3-8(6)12-9/h1-13H,14-15H2;1-8,23H,9-10H2;1-5H. The van der Waals surface area contributed by atoms with Crippen molar-refractivity contribution in [3.63, 3.8) is 0 Å². The van der Waals surface area contributed by atoms with E-state index in [2.05, 4.69) is 63.4 Å². The number of anilines is 1. The lowest BCUT2D eigenvalue weighted by Gasteiger charge is -2.20. The predicted octanol–water partition coefficient (Wildman–Crippen LogP) is 16.0. The number of hydrogen-bond acceptors (Lipinski definition) is 8. The van der Waals surface area contributed by atoms with E-state index in [9.17, 15) is 26.3 Å². The molecule has 0 aliphatic carbocycles. The number of nitrogens with one attached hydrogen (secondary N) is 1. The monoisotopic (exact) mass is 1210 g/mol. The molecule has 75 heavy (non-hydrogen) atoms. The lowest BCUT2D eigenvalue weighted by Crippen LogP contribution is -2.19. The highest BCUT2D eigenvalue weighted by atomic mass is 127. The Labute approximate surface area is 457 Å². The van der Waals surface area contributed by atoms with Crippen LogP contribution in [0.15, 0.2) is 158 Å². The quantitative estimate of drug-likeness (QED) is 0.0958. The summed E-state index contributed by atoms with van der Waals surface area (Å²) >= 11 is 26.1. The maximum atomic E-state index is 13.2. The van der Waals surface area contributed by atoms with Crippen LogP contribution in [0, 0.1) is 3.57 Å². The molecule has 10 nitrogen and oxygen atoms in total. The molecule has 0 saturated carbocycles. The zero-order valence-electron chi connectivity index (χ0n) is 38.4. The number of benzene rings is 6. The molecule has 380 valence electrons. The molecule has 12 rings (SSSR count). The van der Waals surface area contributed by atoms with Crippen molar-refractivity contribution in [2.75, 3.05) is 4.90 Å². The summed E-state index contributed by atoms with van der Waals surface area (Å²) in [6, 6.07) is 45.7. The van der Waals surface area contributed by atoms with E-state index in [-0.39, 0.29) is 22.9 Å². The molecule has 2 aliphatic rings. The van der Waals surface area contributed by atoms with Gasteiger partial charge in [-0.2, -0.15) is 10.2 Å². The largest absolute Gasteiger partial charge is 0.573 e. The van der Waals surface area contributed by atoms with Crippen molar-refractivity contribution < 1.29 is 35.8 Å². The first-order chi connectivity index (χ1) is 35.9. The fraction of sp³-hybridized carbons (Fsp3) is 0.111. The van der Waals surface area contributed by atoms with Crippen molar-refractivity contribution in [3.05, 3.63) is 204 Å². The van der Waals surface area contributed by atoms with Crippen LogP contribution in [-0.2, 0) is 26.2 Å². The molecule has 4 aromatic heterocycles. The normalized spacial score (nSPS) is 13.0. The highest BCUT2D eigenvalue weighted by Gasteiger charge is 2.36. The van der Waals surface area contributed by atoms with Gasteiger partial charge in [0, 0.05) is 72.0 Å². The van der Waals surface area contributed by atoms with Gasteiger partial charge in [0.1, 0.15) is 21.7 Å². The first-order valence-corrected chi connectivity index (χ1v) is 25.2. The number of fused-ring (bicyclic) bond motifs is 4. The summed E-state index contributed by atoms with van der Waals surface area (Å²) in [5.41, 5.74) is 9.57. The van der Waals surface area contributed by atoms with Crippen LogP contribution in [0.2, 0.25) is 20.4 Å². The number of halogens is 11. The summed E-state index contributed by atoms with van der Waals surface area (Å²) in [6.45, 7) is 2.15. The third-order valence-electron chi connectivity index (χ3n) is 11.9. The molecule has 2 aliphatic heterocycles. The first kappa shape index (κ1) is 51.9. The van der Waals surface area contributed by atoms with Gasteiger partial charge in [0.25, 0.3) is 0 Å². The van der Waals surface area contributed by atoms with Gasteiger partial charge in [0.05, 0.1) is 40.4 Å². The molecular weight excluding hydrogens is 1180 g/mol. The number of ether oxygens (including phenoxy) is 2. The van der Waals surface area contributed by atoms with E-state index in [4.69, 9.17) is 51.5 Å². The highest BCUT2D eigenvalue weighted by Crippen LogP contribution is 2.41. The smallest absolute Gasteiger partial charge is 0.403 e. The number of aromatic nitrogens is 6. The van der Waals surface area contributed by atoms with Crippen LogP contribution in [0.4, 0.5) is 32.0 Å². The molecule has 21 heteroatoms. The third kappa shape index (κ3) is 11.9. The van der Waals surface area contributed by atoms with Crippen LogP contribution in [0.3, 0.4) is 0 Å². The third-order valence-corrected chi connectivity index (χ3v) is 13.5. The van der Waals surface area contributed by atoms with Crippen molar-refractivity contribution >= 4 is 96.5 Å². The van der Waals surface area contributed by atoms with Crippen LogP contribution in [-0.4, -0.2) is 42.3 Å². The number of nitrogens with zero attached hydrogens (tertiary/aromatic N) is 7. The Balaban J connectivity index is 0.000000145. The lowest BCUT2D eigenvalue weighted by atomic mass is 10.1. The Bertz CT molecular complexity index is 3690. The van der Waals surface area contributed by atoms with Crippen molar-refractivity contribution in [2.24, 2.45) is 0 Å². The van der Waals surface area contributed by atoms with Crippen LogP contribution in [0.5, 0.6) is 11.5 Å². The Kier molecular flexibility index (Phi) is 14.9. The van der Waals surface area contributed by atoms with Gasteiger partial charge in [-0.1, -0.05) is 94.9 Å². The summed E-state index contributed by atoms with van der Waals surface area (Å²) < 4.78 is 90.6. The van der Waals surface area contributed by atoms with Gasteiger partial charge >= 0.3 is 12.7 Å². The van der Waals surface area contributed by atoms with E-state index in [1.165, 1.54) is 37.2 Å². The van der Waals surface area contributed by atoms with Crippen molar-refractivity contribution in [3.8, 4) is 45.4 Å². The zero-order valence-corrected chi connectivity index (χ0v) is 43.6. The molecule has 0 saturated heterocycles. The molecule has 1 N–H and O–H groups in total. The van der Waals surface area contributed by atoms with Crippen LogP contribution in [0.25, 0.3) is 55.7 Å². The minimum absolute atomic E-state index is 0.194. The van der Waals surface area contributed by atoms with Crippen molar-refractivity contribution in [1.29, 1.82) is 0 Å². The fourth-order valence-electron chi connectivity index (χ4n) is 8.73. The molecule has 0 radical (unpaired) electrons. The second kappa shape index (κ2) is 21.6. The van der Waals surface area contributed by atoms with Gasteiger partial charge in [-0.3, -0.25) is 0 Å². The predicted molar refractivity (Wildman–Crippen MR) is 288 cm³/mol. The maximum Gasteiger partial charge on any atom is 0.573 e. The van der Waals surface area contributed by atoms with Gasteiger partial charge in [-0.25, -0.2) is 19.3 Å². The average Bonchev–Trinajstić information content (AvgIpc) is 4.21. The molecule has 6 heterocycles. The molecule has 6 aromatic carbocycles. The molecule has 0 spiro atoms. The summed E-state index contributed by atoms with van der Waals surface area (Å²) in [7, 11) is 0. The second-order valence-electron chi connectivity index (χ2n) is 16.9. The molecule has 0 fully saturated rings. The molecule has 0 bridgehead atoms. The van der Waals surface area contributed by atoms with Gasteiger partial charge in [0.15, 0.2) is 11.5 Å². The SMILES string of the molecule is Clc1ccc2cc(I)ccc2n1.FC(F)(F)Oc1ccccc1-n1nc2c(c1-c1ccc(Cl)cc1)CN(c1ccc3nc(Cl)ccc3c1)C2.FC(F)(F)Oc1ccccc1-n1nc2c(c1-c1ccc(Cl)cc1)CNC2. The second-order valence-corrected chi connectivity index (χ2v) is 19.8. The van der Waals surface area contributed by atoms with E-state index in [0.717, 1.165) is 66.8 Å². The van der Waals surface area contributed by atoms with Crippen LogP contribution >= 0.6 is 69.0 Å². The molecule has 0 atom stereocenters. The highest BCUT2D eigenvalue weighted by molar-refractivity contribution is 14.1. The van der Waals surface area contributed by atoms with E-state index >= 15 is 0 Å². The van der Waals surface area contributed by atoms with Crippen LogP contribution < -0.4 is 19.7 Å². The van der Waals surface area contributed by atoms with Gasteiger partial charge in [-0.05, 0) is 132 Å². The van der Waals surface area contributed by atoms with E-state index in [1.807, 2.05) is 66.7 Å². The number of hydrogen-bond donors (Lipinski definition) is 1. The maximum absolute atomic E-state index is 13.2. The Morgan fingerprint density at radius 1 is 0.507 bits per heavy atom. The summed E-state index contributed by atoms with van der Waals surface area (Å²) in [4.78, 5) is 10.7. The molecule has 0 amide bonds. The average molecular weight is 1210 g/mol. The summed E-state index contributed by atoms with van der Waals surface area (Å²) in [5.74, 6) is -0.631. The fourth-order valence-corrected chi connectivity index (χ4v) is 9.80. The van der Waals surface area contributed by atoms with Gasteiger partial charge in [0.2, 0.25) is 0 Å². The number of pyridine rings is 2. The van der Waals surface area contributed by atoms with Gasteiger partial charge in [-0.15, -0.1) is 26.3 Å². The Morgan fingerprint density at radius 3 is 1.55 bits per heavy atom. The lowest BCUT2D eigenvalue weighted by molar-refractivity contribution is -0.275. The number of rotatable bonds is 7. The van der Waals surface area contributed by atoms with Crippen molar-refractivity contribution in [1.82, 2.24) is 34.8 Å². The van der Waals surface area contributed by atoms with Crippen molar-refractivity contribution in [2.45, 2.75) is 38.9 Å². The first-order valence-electron chi connectivity index (χ1n) is 22.6. The van der Waals surface area contributed by atoms with E-state index in [1.54, 1.807) is 60.7 Å². The zero-order chi connectivity index (χ0) is 52.6. The Morgan fingerprint density at radius 2 is 1.00 bits per heavy atom. The van der Waals surface area contributed by atoms with E-state index in [0.29, 0.717) is 52.2 Å². The minimum atomic E-state index is -4.83. The molecular formula is C54H35Cl4F6IN8O2. The topological polar surface area (TPSA) is 95.1 Å². The Hall–Kier alpha value is -6.61. The molecule has 10 aromatic rings. The summed E-state index contributed by atoms with van der Waals surface area (Å²) in [6.07, 6.45) is -9.62. The van der Waals surface area contributed by atoms with Gasteiger partial charge < -0.3 is 19.7 Å². The molecule has 0 unspecified atom stereocenters. The minimum Gasteiger partial charge on any atom is -0.403 e. The summed E-state index contributed by atoms with van der Waals surface area (Å²) in [5, 5.41) is 16.7. The van der Waals surface area contributed by atoms with Crippen LogP contribution in [0.1, 0.15) is 22.5 Å². The van der Waals surface area contributed by atoms with E-state index < -0.39 is 12.7 Å². The number of alkyl halides is 6.